The number of nitrogens with two attached hydrogens (primary N) is 1. The predicted molar refractivity (Wildman–Crippen MR) is 51.4 cm³/mol. The highest BCUT2D eigenvalue weighted by Gasteiger charge is 2.29. The molecule has 72 valence electrons. The van der Waals surface area contributed by atoms with Gasteiger partial charge < -0.3 is 10.6 Å². The molecular formula is C9H16N4. The van der Waals surface area contributed by atoms with Gasteiger partial charge >= 0.3 is 0 Å². The zero-order valence-corrected chi connectivity index (χ0v) is 8.14. The molecule has 1 saturated heterocycles. The van der Waals surface area contributed by atoms with Crippen molar-refractivity contribution in [1.29, 1.82) is 0 Å². The van der Waals surface area contributed by atoms with Crippen LogP contribution in [0.5, 0.6) is 0 Å². The topological polar surface area (TPSA) is 47.1 Å². The lowest BCUT2D eigenvalue weighted by Crippen LogP contribution is -2.27. The van der Waals surface area contributed by atoms with Crippen LogP contribution >= 0.6 is 0 Å². The highest BCUT2D eigenvalue weighted by molar-refractivity contribution is 5.17. The van der Waals surface area contributed by atoms with Crippen LogP contribution in [0.25, 0.3) is 0 Å². The molecule has 2 heterocycles. The molecule has 1 fully saturated rings. The van der Waals surface area contributed by atoms with Crippen molar-refractivity contribution in [1.82, 2.24) is 14.7 Å². The summed E-state index contributed by atoms with van der Waals surface area (Å²) in [4.78, 5) is 2.27. The molecule has 4 nitrogen and oxygen atoms in total. The normalized spacial score (nSPS) is 29.8. The summed E-state index contributed by atoms with van der Waals surface area (Å²) in [6, 6.07) is 0.259. The second kappa shape index (κ2) is 3.12. The number of hydrogen-bond donors (Lipinski definition) is 1. The predicted octanol–water partition coefficient (Wildman–Crippen LogP) is -0.224. The largest absolute Gasteiger partial charge is 0.326 e. The number of aryl methyl sites for hydroxylation is 1. The third-order valence-electron chi connectivity index (χ3n) is 2.70. The molecule has 2 rings (SSSR count). The van der Waals surface area contributed by atoms with E-state index < -0.39 is 0 Å². The van der Waals surface area contributed by atoms with Gasteiger partial charge in [-0.2, -0.15) is 5.10 Å². The number of aromatic nitrogens is 2. The Labute approximate surface area is 78.3 Å². The fourth-order valence-corrected chi connectivity index (χ4v) is 2.02. The number of rotatable bonds is 1. The quantitative estimate of drug-likeness (QED) is 0.650. The Bertz CT molecular complexity index is 294. The fourth-order valence-electron chi connectivity index (χ4n) is 2.02. The summed E-state index contributed by atoms with van der Waals surface area (Å²) in [6.07, 6.45) is 3.98. The number of nitrogens with zero attached hydrogens (tertiary/aromatic N) is 3. The van der Waals surface area contributed by atoms with Gasteiger partial charge in [-0.3, -0.25) is 4.68 Å². The second-order valence-corrected chi connectivity index (χ2v) is 3.94. The molecule has 0 saturated carbocycles. The Morgan fingerprint density at radius 2 is 2.23 bits per heavy atom. The SMILES string of the molecule is CN1C[C@@H](N)[C@H](c2cnn(C)c2)C1. The van der Waals surface area contributed by atoms with E-state index in [2.05, 4.69) is 23.2 Å². The van der Waals surface area contributed by atoms with E-state index in [9.17, 15) is 0 Å². The van der Waals surface area contributed by atoms with Gasteiger partial charge in [0.25, 0.3) is 0 Å². The van der Waals surface area contributed by atoms with Crippen LogP contribution < -0.4 is 5.73 Å². The van der Waals surface area contributed by atoms with E-state index >= 15 is 0 Å². The van der Waals surface area contributed by atoms with E-state index in [0.29, 0.717) is 5.92 Å². The monoisotopic (exact) mass is 180 g/mol. The Morgan fingerprint density at radius 1 is 1.46 bits per heavy atom. The minimum atomic E-state index is 0.259. The summed E-state index contributed by atoms with van der Waals surface area (Å²) in [5.74, 6) is 0.457. The summed E-state index contributed by atoms with van der Waals surface area (Å²) in [6.45, 7) is 2.03. The smallest absolute Gasteiger partial charge is 0.0525 e. The van der Waals surface area contributed by atoms with Crippen molar-refractivity contribution in [3.63, 3.8) is 0 Å². The van der Waals surface area contributed by atoms with Gasteiger partial charge in [-0.25, -0.2) is 0 Å². The maximum Gasteiger partial charge on any atom is 0.0525 e. The summed E-state index contributed by atoms with van der Waals surface area (Å²) < 4.78 is 1.83. The molecular weight excluding hydrogens is 164 g/mol. The molecule has 0 spiro atoms. The number of likely N-dealkylation sites (N-methyl/N-ethyl adjacent to an activating group) is 1. The highest BCUT2D eigenvalue weighted by atomic mass is 15.2. The zero-order chi connectivity index (χ0) is 9.42. The van der Waals surface area contributed by atoms with Gasteiger partial charge in [0.05, 0.1) is 6.20 Å². The minimum Gasteiger partial charge on any atom is -0.326 e. The molecule has 1 aromatic heterocycles. The second-order valence-electron chi connectivity index (χ2n) is 3.94. The first-order valence-electron chi connectivity index (χ1n) is 4.59. The van der Waals surface area contributed by atoms with Crippen molar-refractivity contribution in [2.24, 2.45) is 12.8 Å². The number of likely N-dealkylation sites (tertiary alicyclic amines) is 1. The van der Waals surface area contributed by atoms with Gasteiger partial charge in [-0.15, -0.1) is 0 Å². The van der Waals surface area contributed by atoms with E-state index in [1.807, 2.05) is 17.9 Å². The average Bonchev–Trinajstić information content (AvgIpc) is 2.58. The molecule has 1 aromatic rings. The lowest BCUT2D eigenvalue weighted by molar-refractivity contribution is 0.407. The van der Waals surface area contributed by atoms with Gasteiger partial charge in [-0.1, -0.05) is 0 Å². The summed E-state index contributed by atoms with van der Waals surface area (Å²) in [7, 11) is 4.05. The molecule has 1 aliphatic rings. The molecule has 2 N–H and O–H groups in total. The van der Waals surface area contributed by atoms with Crippen LogP contribution in [-0.2, 0) is 7.05 Å². The Hall–Kier alpha value is -0.870. The lowest BCUT2D eigenvalue weighted by atomic mass is 9.98. The van der Waals surface area contributed by atoms with E-state index in [-0.39, 0.29) is 6.04 Å². The lowest BCUT2D eigenvalue weighted by Gasteiger charge is -2.10. The third-order valence-corrected chi connectivity index (χ3v) is 2.70. The van der Waals surface area contributed by atoms with Crippen LogP contribution in [0, 0.1) is 0 Å². The van der Waals surface area contributed by atoms with Crippen molar-refractivity contribution in [2.45, 2.75) is 12.0 Å². The Balaban J connectivity index is 2.17. The number of hydrogen-bond acceptors (Lipinski definition) is 3. The van der Waals surface area contributed by atoms with E-state index in [1.54, 1.807) is 0 Å². The van der Waals surface area contributed by atoms with Crippen LogP contribution in [0.2, 0.25) is 0 Å². The maximum absolute atomic E-state index is 6.03. The van der Waals surface area contributed by atoms with Crippen molar-refractivity contribution >= 4 is 0 Å². The summed E-state index contributed by atoms with van der Waals surface area (Å²) >= 11 is 0. The van der Waals surface area contributed by atoms with Gasteiger partial charge in [0.15, 0.2) is 0 Å². The van der Waals surface area contributed by atoms with E-state index in [1.165, 1.54) is 5.56 Å². The van der Waals surface area contributed by atoms with Crippen molar-refractivity contribution in [3.8, 4) is 0 Å². The molecule has 4 heteroatoms. The molecule has 1 aliphatic heterocycles. The van der Waals surface area contributed by atoms with Crippen molar-refractivity contribution < 1.29 is 0 Å². The summed E-state index contributed by atoms with van der Waals surface area (Å²) in [5.41, 5.74) is 7.30. The van der Waals surface area contributed by atoms with Crippen molar-refractivity contribution in [2.75, 3.05) is 20.1 Å². The first-order valence-corrected chi connectivity index (χ1v) is 4.59. The first-order chi connectivity index (χ1) is 6.16. The van der Waals surface area contributed by atoms with Gasteiger partial charge in [0.1, 0.15) is 0 Å². The zero-order valence-electron chi connectivity index (χ0n) is 8.14. The molecule has 0 aliphatic carbocycles. The maximum atomic E-state index is 6.03. The minimum absolute atomic E-state index is 0.259. The van der Waals surface area contributed by atoms with E-state index in [0.717, 1.165) is 13.1 Å². The van der Waals surface area contributed by atoms with E-state index in [4.69, 9.17) is 5.73 Å². The van der Waals surface area contributed by atoms with Crippen LogP contribution in [-0.4, -0.2) is 40.9 Å². The van der Waals surface area contributed by atoms with Crippen LogP contribution in [0.4, 0.5) is 0 Å². The van der Waals surface area contributed by atoms with Crippen molar-refractivity contribution in [3.05, 3.63) is 18.0 Å². The molecule has 0 aromatic carbocycles. The summed E-state index contributed by atoms with van der Waals surface area (Å²) in [5, 5.41) is 4.16. The standard InChI is InChI=1S/C9H16N4/c1-12-5-8(9(10)6-12)7-3-11-13(2)4-7/h3-4,8-9H,5-6,10H2,1-2H3/t8-,9+/m0/s1. The highest BCUT2D eigenvalue weighted by Crippen LogP contribution is 2.24. The average molecular weight is 180 g/mol. The molecule has 0 bridgehead atoms. The first kappa shape index (κ1) is 8.72. The van der Waals surface area contributed by atoms with Gasteiger partial charge in [0, 0.05) is 38.3 Å². The van der Waals surface area contributed by atoms with Gasteiger partial charge in [-0.05, 0) is 12.6 Å². The van der Waals surface area contributed by atoms with Crippen LogP contribution in [0.3, 0.4) is 0 Å². The third kappa shape index (κ3) is 1.59. The molecule has 0 unspecified atom stereocenters. The molecule has 0 radical (unpaired) electrons. The fraction of sp³-hybridized carbons (Fsp3) is 0.667. The molecule has 0 amide bonds. The Kier molecular flexibility index (Phi) is 2.09. The van der Waals surface area contributed by atoms with Gasteiger partial charge in [0.2, 0.25) is 0 Å². The molecule has 13 heavy (non-hydrogen) atoms. The molecule has 2 atom stereocenters. The van der Waals surface area contributed by atoms with Crippen LogP contribution in [0.1, 0.15) is 11.5 Å². The van der Waals surface area contributed by atoms with Crippen LogP contribution in [0.15, 0.2) is 12.4 Å². The Morgan fingerprint density at radius 3 is 2.69 bits per heavy atom.